The zero-order chi connectivity index (χ0) is 32.8. The van der Waals surface area contributed by atoms with Crippen molar-refractivity contribution in [2.75, 3.05) is 0 Å². The van der Waals surface area contributed by atoms with Crippen LogP contribution < -0.4 is 0 Å². The maximum Gasteiger partial charge on any atom is 0.139 e. The van der Waals surface area contributed by atoms with Crippen molar-refractivity contribution >= 4 is 76.2 Å². The molecule has 0 amide bonds. The van der Waals surface area contributed by atoms with Crippen molar-refractivity contribution in [2.24, 2.45) is 0 Å². The Kier molecular flexibility index (Phi) is 5.70. The van der Waals surface area contributed by atoms with Gasteiger partial charge in [0.2, 0.25) is 0 Å². The Labute approximate surface area is 287 Å². The number of benzene rings is 9. The number of para-hydroxylation sites is 1. The summed E-state index contributed by atoms with van der Waals surface area (Å²) >= 11 is 0. The van der Waals surface area contributed by atoms with Crippen LogP contribution in [0.2, 0.25) is 0 Å². The van der Waals surface area contributed by atoms with Gasteiger partial charge >= 0.3 is 0 Å². The largest absolute Gasteiger partial charge is 0.456 e. The normalized spacial score (nSPS) is 12.0. The van der Waals surface area contributed by atoms with Crippen LogP contribution in [0.25, 0.3) is 110 Å². The monoisotopic (exact) mass is 636 g/mol. The van der Waals surface area contributed by atoms with Gasteiger partial charge in [0.25, 0.3) is 0 Å². The van der Waals surface area contributed by atoms with E-state index in [1.54, 1.807) is 0 Å². The smallest absolute Gasteiger partial charge is 0.139 e. The maximum atomic E-state index is 6.55. The molecule has 2 nitrogen and oxygen atoms in total. The zero-order valence-electron chi connectivity index (χ0n) is 27.0. The van der Waals surface area contributed by atoms with Crippen LogP contribution >= 0.6 is 0 Å². The summed E-state index contributed by atoms with van der Waals surface area (Å²) < 4.78 is 12.7. The fourth-order valence-electron chi connectivity index (χ4n) is 8.11. The minimum absolute atomic E-state index is 0.834. The van der Waals surface area contributed by atoms with E-state index in [1.807, 2.05) is 18.2 Å². The molecule has 0 saturated heterocycles. The van der Waals surface area contributed by atoms with Gasteiger partial charge < -0.3 is 8.83 Å². The molecule has 0 radical (unpaired) electrons. The van der Waals surface area contributed by atoms with Crippen LogP contribution in [0, 0.1) is 0 Å². The summed E-state index contributed by atoms with van der Waals surface area (Å²) in [5, 5.41) is 11.8. The Bertz CT molecular complexity index is 3080. The molecule has 0 atom stereocenters. The number of furan rings is 2. The number of fused-ring (bicyclic) bond motifs is 9. The third-order valence-electron chi connectivity index (χ3n) is 10.4. The Morgan fingerprint density at radius 2 is 0.700 bits per heavy atom. The van der Waals surface area contributed by atoms with Crippen molar-refractivity contribution in [2.45, 2.75) is 0 Å². The molecular weight excluding hydrogens is 609 g/mol. The highest BCUT2D eigenvalue weighted by Gasteiger charge is 2.19. The van der Waals surface area contributed by atoms with Gasteiger partial charge in [0.05, 0.1) is 0 Å². The van der Waals surface area contributed by atoms with E-state index in [1.165, 1.54) is 60.1 Å². The molecule has 9 aromatic carbocycles. The first kappa shape index (κ1) is 27.3. The predicted octanol–water partition coefficient (Wildman–Crippen LogP) is 13.9. The summed E-state index contributed by atoms with van der Waals surface area (Å²) in [7, 11) is 0. The van der Waals surface area contributed by atoms with Crippen LogP contribution in [0.1, 0.15) is 0 Å². The minimum Gasteiger partial charge on any atom is -0.456 e. The van der Waals surface area contributed by atoms with Gasteiger partial charge in [0, 0.05) is 27.6 Å². The first-order chi connectivity index (χ1) is 24.8. The molecule has 0 N–H and O–H groups in total. The second-order valence-corrected chi connectivity index (χ2v) is 13.2. The van der Waals surface area contributed by atoms with Gasteiger partial charge in [-0.1, -0.05) is 127 Å². The van der Waals surface area contributed by atoms with Crippen LogP contribution in [0.3, 0.4) is 0 Å². The van der Waals surface area contributed by atoms with Crippen molar-refractivity contribution in [1.82, 2.24) is 0 Å². The van der Waals surface area contributed by atoms with Crippen LogP contribution in [-0.2, 0) is 0 Å². The lowest BCUT2D eigenvalue weighted by Gasteiger charge is -2.18. The van der Waals surface area contributed by atoms with E-state index in [2.05, 4.69) is 152 Å². The summed E-state index contributed by atoms with van der Waals surface area (Å²) in [5.74, 6) is 0. The third kappa shape index (κ3) is 4.03. The van der Waals surface area contributed by atoms with Crippen molar-refractivity contribution < 1.29 is 8.83 Å². The highest BCUT2D eigenvalue weighted by Crippen LogP contribution is 2.45. The van der Waals surface area contributed by atoms with E-state index in [4.69, 9.17) is 8.83 Å². The summed E-state index contributed by atoms with van der Waals surface area (Å²) in [6, 6.07) is 61.0. The lowest BCUT2D eigenvalue weighted by molar-refractivity contribution is 0.656. The van der Waals surface area contributed by atoms with Gasteiger partial charge in [0.1, 0.15) is 22.3 Å². The van der Waals surface area contributed by atoms with Crippen LogP contribution in [-0.4, -0.2) is 0 Å². The number of hydrogen-bond donors (Lipinski definition) is 0. The van der Waals surface area contributed by atoms with Crippen molar-refractivity contribution in [1.29, 1.82) is 0 Å². The van der Waals surface area contributed by atoms with E-state index in [0.717, 1.165) is 49.4 Å². The molecule has 0 aliphatic rings. The molecule has 0 aliphatic heterocycles. The summed E-state index contributed by atoms with van der Waals surface area (Å²) in [5.41, 5.74) is 10.7. The average molecular weight is 637 g/mol. The van der Waals surface area contributed by atoms with E-state index >= 15 is 0 Å². The second kappa shape index (κ2) is 10.4. The molecule has 0 aliphatic carbocycles. The highest BCUT2D eigenvalue weighted by atomic mass is 16.3. The average Bonchev–Trinajstić information content (AvgIpc) is 3.72. The molecule has 50 heavy (non-hydrogen) atoms. The number of hydrogen-bond acceptors (Lipinski definition) is 2. The highest BCUT2D eigenvalue weighted by molar-refractivity contribution is 6.23. The molecule has 232 valence electrons. The molecule has 0 saturated carbocycles. The Balaban J connectivity index is 1.10. The Morgan fingerprint density at radius 3 is 1.36 bits per heavy atom. The van der Waals surface area contributed by atoms with E-state index in [9.17, 15) is 0 Å². The fourth-order valence-corrected chi connectivity index (χ4v) is 8.11. The third-order valence-corrected chi connectivity index (χ3v) is 10.4. The van der Waals surface area contributed by atoms with E-state index < -0.39 is 0 Å². The maximum absolute atomic E-state index is 6.55. The van der Waals surface area contributed by atoms with Gasteiger partial charge in [-0.2, -0.15) is 0 Å². The topological polar surface area (TPSA) is 26.3 Å². The van der Waals surface area contributed by atoms with Gasteiger partial charge in [-0.3, -0.25) is 0 Å². The Morgan fingerprint density at radius 1 is 0.240 bits per heavy atom. The van der Waals surface area contributed by atoms with Gasteiger partial charge in [-0.15, -0.1) is 0 Å². The molecule has 0 spiro atoms. The second-order valence-electron chi connectivity index (χ2n) is 13.2. The lowest BCUT2D eigenvalue weighted by atomic mass is 9.85. The molecule has 11 rings (SSSR count). The molecular formula is C48H28O2. The minimum atomic E-state index is 0.834. The van der Waals surface area contributed by atoms with Gasteiger partial charge in [0.15, 0.2) is 0 Å². The molecule has 0 unspecified atom stereocenters. The molecule has 2 heteroatoms. The fraction of sp³-hybridized carbons (Fsp3) is 0. The first-order valence-corrected chi connectivity index (χ1v) is 17.1. The summed E-state index contributed by atoms with van der Waals surface area (Å²) in [6.45, 7) is 0. The molecule has 0 bridgehead atoms. The SMILES string of the molecule is c1ccc(-c2ccc3cc(-c4c5ccccc5c(-c5ccc6c(c5)oc5cc7oc8ccccc8c7cc56)c5ccccc45)ccc3c2)cc1. The standard InChI is InChI=1S/C48H28O2/c1-2-10-29(11-3-1)30-18-19-32-25-33(21-20-31(32)24-30)47-37-13-4-6-15-39(37)48(40-16-7-5-14-38(40)47)34-22-23-36-42-27-41-35-12-8-9-17-43(35)49-45(41)28-46(42)50-44(36)26-34/h1-28H. The lowest BCUT2D eigenvalue weighted by Crippen LogP contribution is -1.91. The van der Waals surface area contributed by atoms with Gasteiger partial charge in [-0.05, 0) is 102 Å². The molecule has 0 fully saturated rings. The zero-order valence-corrected chi connectivity index (χ0v) is 27.0. The summed E-state index contributed by atoms with van der Waals surface area (Å²) in [4.78, 5) is 0. The molecule has 2 aromatic heterocycles. The van der Waals surface area contributed by atoms with Crippen LogP contribution in [0.5, 0.6) is 0 Å². The van der Waals surface area contributed by atoms with Crippen molar-refractivity contribution in [3.8, 4) is 33.4 Å². The Hall–Kier alpha value is -6.64. The van der Waals surface area contributed by atoms with Crippen LogP contribution in [0.15, 0.2) is 179 Å². The van der Waals surface area contributed by atoms with Crippen molar-refractivity contribution in [3.05, 3.63) is 170 Å². The van der Waals surface area contributed by atoms with Crippen molar-refractivity contribution in [3.63, 3.8) is 0 Å². The van der Waals surface area contributed by atoms with Crippen LogP contribution in [0.4, 0.5) is 0 Å². The molecule has 11 aromatic rings. The van der Waals surface area contributed by atoms with E-state index in [0.29, 0.717) is 0 Å². The molecule has 2 heterocycles. The quantitative estimate of drug-likeness (QED) is 0.180. The van der Waals surface area contributed by atoms with E-state index in [-0.39, 0.29) is 0 Å². The van der Waals surface area contributed by atoms with Gasteiger partial charge in [-0.25, -0.2) is 0 Å². The number of rotatable bonds is 3. The first-order valence-electron chi connectivity index (χ1n) is 17.1. The summed E-state index contributed by atoms with van der Waals surface area (Å²) in [6.07, 6.45) is 0. The predicted molar refractivity (Wildman–Crippen MR) is 210 cm³/mol.